The molecule has 3 aromatic rings. The second-order valence-electron chi connectivity index (χ2n) is 6.19. The molecule has 29 heavy (non-hydrogen) atoms. The maximum Gasteiger partial charge on any atom is 0.343 e. The first-order chi connectivity index (χ1) is 13.6. The van der Waals surface area contributed by atoms with Crippen LogP contribution >= 0.6 is 11.6 Å². The van der Waals surface area contributed by atoms with Crippen LogP contribution in [0.25, 0.3) is 0 Å². The van der Waals surface area contributed by atoms with Crippen molar-refractivity contribution in [2.75, 3.05) is 11.6 Å². The molecular weight excluding hydrogens is 418 g/mol. The Morgan fingerprint density at radius 1 is 1.10 bits per heavy atom. The quantitative estimate of drug-likeness (QED) is 0.489. The molecule has 0 aliphatic carbocycles. The number of hydrogen-bond acceptors (Lipinski definition) is 6. The van der Waals surface area contributed by atoms with Gasteiger partial charge in [-0.1, -0.05) is 11.6 Å². The van der Waals surface area contributed by atoms with Crippen molar-refractivity contribution in [3.05, 3.63) is 71.0 Å². The molecule has 1 N–H and O–H groups in total. The zero-order valence-electron chi connectivity index (χ0n) is 15.4. The molecule has 3 rings (SSSR count). The predicted molar refractivity (Wildman–Crippen MR) is 107 cm³/mol. The normalized spacial score (nSPS) is 11.1. The van der Waals surface area contributed by atoms with Crippen molar-refractivity contribution in [3.8, 4) is 5.75 Å². The summed E-state index contributed by atoms with van der Waals surface area (Å²) in [4.78, 5) is 24.3. The van der Waals surface area contributed by atoms with Crippen molar-refractivity contribution in [2.24, 2.45) is 7.05 Å². The Balaban J connectivity index is 1.70. The fraction of sp³-hybridized carbons (Fsp3) is 0.105. The molecule has 2 aromatic carbocycles. The van der Waals surface area contributed by atoms with Gasteiger partial charge in [-0.25, -0.2) is 13.2 Å². The highest BCUT2D eigenvalue weighted by Gasteiger charge is 2.17. The second-order valence-corrected chi connectivity index (χ2v) is 8.58. The molecular formula is C19H16ClN3O5S. The molecule has 0 atom stereocenters. The van der Waals surface area contributed by atoms with Crippen LogP contribution in [0.5, 0.6) is 5.75 Å². The summed E-state index contributed by atoms with van der Waals surface area (Å²) < 4.78 is 30.3. The van der Waals surface area contributed by atoms with Gasteiger partial charge in [-0.2, -0.15) is 5.10 Å². The van der Waals surface area contributed by atoms with E-state index in [1.165, 1.54) is 41.2 Å². The molecule has 0 bridgehead atoms. The highest BCUT2D eigenvalue weighted by molar-refractivity contribution is 7.90. The monoisotopic (exact) mass is 433 g/mol. The molecule has 8 nitrogen and oxygen atoms in total. The van der Waals surface area contributed by atoms with Crippen molar-refractivity contribution in [1.82, 2.24) is 9.78 Å². The van der Waals surface area contributed by atoms with Crippen molar-refractivity contribution < 1.29 is 22.7 Å². The SMILES string of the molecule is Cn1cc(C(=O)Nc2ccc(OC(=O)c3ccc(Cl)c(S(C)(=O)=O)c3)cc2)cn1. The van der Waals surface area contributed by atoms with Gasteiger partial charge >= 0.3 is 5.97 Å². The van der Waals surface area contributed by atoms with Crippen LogP contribution in [0.1, 0.15) is 20.7 Å². The van der Waals surface area contributed by atoms with E-state index in [9.17, 15) is 18.0 Å². The van der Waals surface area contributed by atoms with Gasteiger partial charge in [-0.15, -0.1) is 0 Å². The first-order valence-corrected chi connectivity index (χ1v) is 10.5. The van der Waals surface area contributed by atoms with Gasteiger partial charge in [-0.05, 0) is 42.5 Å². The summed E-state index contributed by atoms with van der Waals surface area (Å²) in [5, 5.41) is 6.66. The Bertz CT molecular complexity index is 1190. The number of nitrogens with one attached hydrogen (secondary N) is 1. The van der Waals surface area contributed by atoms with Crippen LogP contribution in [0.4, 0.5) is 5.69 Å². The number of sulfone groups is 1. The Labute approximate surface area is 172 Å². The number of aryl methyl sites for hydroxylation is 1. The van der Waals surface area contributed by atoms with Crippen LogP contribution in [0.15, 0.2) is 59.8 Å². The molecule has 0 saturated carbocycles. The second kappa shape index (κ2) is 8.06. The fourth-order valence-corrected chi connectivity index (χ4v) is 3.73. The summed E-state index contributed by atoms with van der Waals surface area (Å²) in [5.41, 5.74) is 0.959. The summed E-state index contributed by atoms with van der Waals surface area (Å²) in [6.45, 7) is 0. The summed E-state index contributed by atoms with van der Waals surface area (Å²) in [6, 6.07) is 10.0. The zero-order valence-corrected chi connectivity index (χ0v) is 17.0. The topological polar surface area (TPSA) is 107 Å². The molecule has 1 aromatic heterocycles. The third-order valence-corrected chi connectivity index (χ3v) is 5.43. The molecule has 0 fully saturated rings. The van der Waals surface area contributed by atoms with E-state index < -0.39 is 15.8 Å². The molecule has 0 aliphatic rings. The first-order valence-electron chi connectivity index (χ1n) is 8.25. The highest BCUT2D eigenvalue weighted by Crippen LogP contribution is 2.24. The number of anilines is 1. The van der Waals surface area contributed by atoms with Crippen LogP contribution in [0, 0.1) is 0 Å². The van der Waals surface area contributed by atoms with Crippen molar-refractivity contribution in [2.45, 2.75) is 4.90 Å². The van der Waals surface area contributed by atoms with E-state index in [0.29, 0.717) is 11.3 Å². The van der Waals surface area contributed by atoms with Gasteiger partial charge in [0.1, 0.15) is 5.75 Å². The summed E-state index contributed by atoms with van der Waals surface area (Å²) >= 11 is 5.88. The van der Waals surface area contributed by atoms with Gasteiger partial charge in [0, 0.05) is 25.2 Å². The number of amides is 1. The zero-order chi connectivity index (χ0) is 21.2. The van der Waals surface area contributed by atoms with E-state index in [4.69, 9.17) is 16.3 Å². The Morgan fingerprint density at radius 3 is 2.38 bits per heavy atom. The van der Waals surface area contributed by atoms with Gasteiger partial charge in [0.25, 0.3) is 5.91 Å². The Morgan fingerprint density at radius 2 is 1.79 bits per heavy atom. The Kier molecular flexibility index (Phi) is 5.71. The van der Waals surface area contributed by atoms with Crippen LogP contribution in [0.3, 0.4) is 0 Å². The maximum atomic E-state index is 12.3. The molecule has 0 aliphatic heterocycles. The van der Waals surface area contributed by atoms with Crippen LogP contribution in [0.2, 0.25) is 5.02 Å². The van der Waals surface area contributed by atoms with Crippen molar-refractivity contribution in [3.63, 3.8) is 0 Å². The summed E-state index contributed by atoms with van der Waals surface area (Å²) in [7, 11) is -1.88. The Hall–Kier alpha value is -3.17. The number of hydrogen-bond donors (Lipinski definition) is 1. The lowest BCUT2D eigenvalue weighted by molar-refractivity contribution is 0.0734. The first kappa shape index (κ1) is 20.6. The van der Waals surface area contributed by atoms with E-state index >= 15 is 0 Å². The van der Waals surface area contributed by atoms with Crippen LogP contribution in [-0.2, 0) is 16.9 Å². The molecule has 1 heterocycles. The number of benzene rings is 2. The van der Waals surface area contributed by atoms with Gasteiger partial charge < -0.3 is 10.1 Å². The van der Waals surface area contributed by atoms with Gasteiger partial charge in [-0.3, -0.25) is 9.48 Å². The average molecular weight is 434 g/mol. The van der Waals surface area contributed by atoms with Crippen LogP contribution < -0.4 is 10.1 Å². The number of rotatable bonds is 5. The largest absolute Gasteiger partial charge is 0.423 e. The number of esters is 1. The lowest BCUT2D eigenvalue weighted by Crippen LogP contribution is -2.12. The molecule has 0 saturated heterocycles. The van der Waals surface area contributed by atoms with E-state index in [0.717, 1.165) is 6.26 Å². The van der Waals surface area contributed by atoms with Crippen molar-refractivity contribution >= 4 is 39.0 Å². The molecule has 10 heteroatoms. The van der Waals surface area contributed by atoms with E-state index in [1.807, 2.05) is 0 Å². The van der Waals surface area contributed by atoms with Crippen molar-refractivity contribution in [1.29, 1.82) is 0 Å². The average Bonchev–Trinajstić information content (AvgIpc) is 3.09. The molecule has 0 spiro atoms. The fourth-order valence-electron chi connectivity index (χ4n) is 2.43. The predicted octanol–water partition coefficient (Wildman–Crippen LogP) is 2.95. The summed E-state index contributed by atoms with van der Waals surface area (Å²) in [6.07, 6.45) is 4.03. The highest BCUT2D eigenvalue weighted by atomic mass is 35.5. The third-order valence-electron chi connectivity index (χ3n) is 3.86. The molecule has 150 valence electrons. The summed E-state index contributed by atoms with van der Waals surface area (Å²) in [5.74, 6) is -0.832. The third kappa shape index (κ3) is 5.01. The number of ether oxygens (including phenoxy) is 1. The van der Waals surface area contributed by atoms with Gasteiger partial charge in [0.2, 0.25) is 0 Å². The number of nitrogens with zero attached hydrogens (tertiary/aromatic N) is 2. The lowest BCUT2D eigenvalue weighted by atomic mass is 10.2. The van der Waals surface area contributed by atoms with Crippen LogP contribution in [-0.4, -0.2) is 36.3 Å². The van der Waals surface area contributed by atoms with E-state index in [2.05, 4.69) is 10.4 Å². The maximum absolute atomic E-state index is 12.3. The van der Waals surface area contributed by atoms with E-state index in [1.54, 1.807) is 25.4 Å². The van der Waals surface area contributed by atoms with E-state index in [-0.39, 0.29) is 27.1 Å². The molecule has 0 radical (unpaired) electrons. The number of halogens is 1. The minimum atomic E-state index is -3.59. The molecule has 1 amide bonds. The lowest BCUT2D eigenvalue weighted by Gasteiger charge is -2.08. The minimum Gasteiger partial charge on any atom is -0.423 e. The number of aromatic nitrogens is 2. The van der Waals surface area contributed by atoms with Gasteiger partial charge in [0.15, 0.2) is 9.84 Å². The minimum absolute atomic E-state index is 0.0257. The van der Waals surface area contributed by atoms with Gasteiger partial charge in [0.05, 0.1) is 27.2 Å². The number of carbonyl (C=O) groups excluding carboxylic acids is 2. The number of carbonyl (C=O) groups is 2. The smallest absolute Gasteiger partial charge is 0.343 e. The standard InChI is InChI=1S/C19H16ClN3O5S/c1-23-11-13(10-21-23)18(24)22-14-4-6-15(7-5-14)28-19(25)12-3-8-16(20)17(9-12)29(2,26)27/h3-11H,1-2H3,(H,22,24). The molecule has 0 unspecified atom stereocenters.